The SMILES string of the molecule is O=C(NCC1Cc2ccccc21)Oc1ccccc1. The molecule has 1 atom stereocenters. The zero-order valence-corrected chi connectivity index (χ0v) is 10.5. The Labute approximate surface area is 112 Å². The Hall–Kier alpha value is -2.29. The van der Waals surface area contributed by atoms with Crippen molar-refractivity contribution in [2.45, 2.75) is 12.3 Å². The van der Waals surface area contributed by atoms with Crippen LogP contribution in [0.15, 0.2) is 54.6 Å². The summed E-state index contributed by atoms with van der Waals surface area (Å²) < 4.78 is 5.17. The highest BCUT2D eigenvalue weighted by atomic mass is 16.5. The molecule has 3 heteroatoms. The Morgan fingerprint density at radius 3 is 2.63 bits per heavy atom. The zero-order chi connectivity index (χ0) is 13.1. The molecule has 0 heterocycles. The van der Waals surface area contributed by atoms with E-state index in [1.807, 2.05) is 30.3 Å². The van der Waals surface area contributed by atoms with Gasteiger partial charge in [-0.05, 0) is 29.7 Å². The summed E-state index contributed by atoms with van der Waals surface area (Å²) >= 11 is 0. The second-order valence-corrected chi connectivity index (χ2v) is 4.68. The second-order valence-electron chi connectivity index (χ2n) is 4.68. The molecule has 1 unspecified atom stereocenters. The number of amides is 1. The first-order valence-electron chi connectivity index (χ1n) is 6.41. The number of para-hydroxylation sites is 1. The molecule has 3 nitrogen and oxygen atoms in total. The van der Waals surface area contributed by atoms with E-state index in [2.05, 4.69) is 17.4 Å². The fourth-order valence-corrected chi connectivity index (χ4v) is 2.38. The molecule has 0 aliphatic heterocycles. The van der Waals surface area contributed by atoms with Crippen LogP contribution in [-0.4, -0.2) is 12.6 Å². The fourth-order valence-electron chi connectivity index (χ4n) is 2.38. The minimum Gasteiger partial charge on any atom is -0.410 e. The number of rotatable bonds is 3. The summed E-state index contributed by atoms with van der Waals surface area (Å²) in [6, 6.07) is 17.4. The highest BCUT2D eigenvalue weighted by molar-refractivity contribution is 5.70. The van der Waals surface area contributed by atoms with Crippen molar-refractivity contribution in [1.82, 2.24) is 5.32 Å². The van der Waals surface area contributed by atoms with Crippen LogP contribution in [0, 0.1) is 0 Å². The largest absolute Gasteiger partial charge is 0.412 e. The number of fused-ring (bicyclic) bond motifs is 1. The molecule has 0 fully saturated rings. The second kappa shape index (κ2) is 5.14. The highest BCUT2D eigenvalue weighted by Gasteiger charge is 2.25. The monoisotopic (exact) mass is 253 g/mol. The summed E-state index contributed by atoms with van der Waals surface area (Å²) in [5, 5.41) is 2.81. The number of benzene rings is 2. The first kappa shape index (κ1) is 11.8. The van der Waals surface area contributed by atoms with Gasteiger partial charge in [0, 0.05) is 12.5 Å². The van der Waals surface area contributed by atoms with Crippen LogP contribution >= 0.6 is 0 Å². The number of ether oxygens (including phenoxy) is 1. The lowest BCUT2D eigenvalue weighted by Crippen LogP contribution is -2.34. The first-order chi connectivity index (χ1) is 9.33. The molecule has 2 aromatic carbocycles. The third-order valence-electron chi connectivity index (χ3n) is 3.41. The lowest BCUT2D eigenvalue weighted by atomic mass is 9.78. The smallest absolute Gasteiger partial charge is 0.410 e. The van der Waals surface area contributed by atoms with Crippen molar-refractivity contribution in [2.75, 3.05) is 6.54 Å². The van der Waals surface area contributed by atoms with E-state index in [1.54, 1.807) is 12.1 Å². The van der Waals surface area contributed by atoms with Gasteiger partial charge in [-0.25, -0.2) is 4.79 Å². The van der Waals surface area contributed by atoms with E-state index < -0.39 is 6.09 Å². The minimum atomic E-state index is -0.393. The van der Waals surface area contributed by atoms with Crippen molar-refractivity contribution in [3.63, 3.8) is 0 Å². The average molecular weight is 253 g/mol. The van der Waals surface area contributed by atoms with Crippen LogP contribution in [0.2, 0.25) is 0 Å². The molecule has 96 valence electrons. The van der Waals surface area contributed by atoms with Crippen molar-refractivity contribution in [1.29, 1.82) is 0 Å². The van der Waals surface area contributed by atoms with Gasteiger partial charge in [0.05, 0.1) is 0 Å². The Morgan fingerprint density at radius 1 is 1.11 bits per heavy atom. The fraction of sp³-hybridized carbons (Fsp3) is 0.188. The van der Waals surface area contributed by atoms with Gasteiger partial charge in [-0.15, -0.1) is 0 Å². The summed E-state index contributed by atoms with van der Waals surface area (Å²) in [5.41, 5.74) is 2.72. The summed E-state index contributed by atoms with van der Waals surface area (Å²) in [5.74, 6) is 0.980. The van der Waals surface area contributed by atoms with Crippen molar-refractivity contribution < 1.29 is 9.53 Å². The highest BCUT2D eigenvalue weighted by Crippen LogP contribution is 2.33. The molecule has 1 aliphatic carbocycles. The van der Waals surface area contributed by atoms with E-state index in [0.29, 0.717) is 18.2 Å². The number of hydrogen-bond acceptors (Lipinski definition) is 2. The van der Waals surface area contributed by atoms with Crippen LogP contribution in [0.25, 0.3) is 0 Å². The number of hydrogen-bond donors (Lipinski definition) is 1. The van der Waals surface area contributed by atoms with Crippen molar-refractivity contribution in [3.05, 3.63) is 65.7 Å². The Morgan fingerprint density at radius 2 is 1.84 bits per heavy atom. The number of carbonyl (C=O) groups excluding carboxylic acids is 1. The summed E-state index contributed by atoms with van der Waals surface area (Å²) in [4.78, 5) is 11.6. The molecule has 0 spiro atoms. The maximum Gasteiger partial charge on any atom is 0.412 e. The lowest BCUT2D eigenvalue weighted by molar-refractivity contribution is 0.199. The topological polar surface area (TPSA) is 38.3 Å². The Kier molecular flexibility index (Phi) is 3.19. The number of carbonyl (C=O) groups is 1. The van der Waals surface area contributed by atoms with Crippen LogP contribution in [0.1, 0.15) is 17.0 Å². The van der Waals surface area contributed by atoms with Gasteiger partial charge in [0.1, 0.15) is 5.75 Å². The molecular weight excluding hydrogens is 238 g/mol. The molecule has 2 aromatic rings. The van der Waals surface area contributed by atoms with E-state index in [-0.39, 0.29) is 0 Å². The predicted molar refractivity (Wildman–Crippen MR) is 73.4 cm³/mol. The third-order valence-corrected chi connectivity index (χ3v) is 3.41. The molecule has 19 heavy (non-hydrogen) atoms. The van der Waals surface area contributed by atoms with E-state index >= 15 is 0 Å². The maximum absolute atomic E-state index is 11.6. The van der Waals surface area contributed by atoms with Gasteiger partial charge in [0.2, 0.25) is 0 Å². The van der Waals surface area contributed by atoms with E-state index in [0.717, 1.165) is 6.42 Å². The molecule has 1 N–H and O–H groups in total. The van der Waals surface area contributed by atoms with Crippen molar-refractivity contribution in [2.24, 2.45) is 0 Å². The Balaban J connectivity index is 1.50. The van der Waals surface area contributed by atoms with Gasteiger partial charge in [-0.3, -0.25) is 0 Å². The van der Waals surface area contributed by atoms with Crippen LogP contribution in [0.3, 0.4) is 0 Å². The van der Waals surface area contributed by atoms with Crippen molar-refractivity contribution in [3.8, 4) is 5.75 Å². The zero-order valence-electron chi connectivity index (χ0n) is 10.5. The van der Waals surface area contributed by atoms with Gasteiger partial charge in [0.25, 0.3) is 0 Å². The van der Waals surface area contributed by atoms with E-state index in [4.69, 9.17) is 4.74 Å². The van der Waals surface area contributed by atoms with Crippen LogP contribution in [-0.2, 0) is 6.42 Å². The number of nitrogens with one attached hydrogen (secondary N) is 1. The summed E-state index contributed by atoms with van der Waals surface area (Å²) in [6.07, 6.45) is 0.637. The quantitative estimate of drug-likeness (QED) is 0.912. The molecule has 3 rings (SSSR count). The van der Waals surface area contributed by atoms with Crippen LogP contribution in [0.4, 0.5) is 4.79 Å². The average Bonchev–Trinajstić information content (AvgIpc) is 2.41. The van der Waals surface area contributed by atoms with Crippen LogP contribution < -0.4 is 10.1 Å². The first-order valence-corrected chi connectivity index (χ1v) is 6.41. The molecule has 0 radical (unpaired) electrons. The normalized spacial score (nSPS) is 16.1. The Bertz CT molecular complexity index is 580. The summed E-state index contributed by atoms with van der Waals surface area (Å²) in [6.45, 7) is 0.628. The van der Waals surface area contributed by atoms with E-state index in [1.165, 1.54) is 11.1 Å². The van der Waals surface area contributed by atoms with Gasteiger partial charge in [-0.2, -0.15) is 0 Å². The third kappa shape index (κ3) is 2.60. The minimum absolute atomic E-state index is 0.393. The van der Waals surface area contributed by atoms with Gasteiger partial charge >= 0.3 is 6.09 Å². The van der Waals surface area contributed by atoms with Crippen LogP contribution in [0.5, 0.6) is 5.75 Å². The summed E-state index contributed by atoms with van der Waals surface area (Å²) in [7, 11) is 0. The molecule has 1 aliphatic rings. The molecule has 0 saturated heterocycles. The lowest BCUT2D eigenvalue weighted by Gasteiger charge is -2.29. The van der Waals surface area contributed by atoms with Gasteiger partial charge in [0.15, 0.2) is 0 Å². The van der Waals surface area contributed by atoms with Crippen molar-refractivity contribution >= 4 is 6.09 Å². The predicted octanol–water partition coefficient (Wildman–Crippen LogP) is 3.11. The molecular formula is C16H15NO2. The maximum atomic E-state index is 11.6. The standard InChI is InChI=1S/C16H15NO2/c18-16(19-14-7-2-1-3-8-14)17-11-13-10-12-6-4-5-9-15(12)13/h1-9,13H,10-11H2,(H,17,18). The van der Waals surface area contributed by atoms with Gasteiger partial charge < -0.3 is 10.1 Å². The molecule has 0 bridgehead atoms. The molecule has 0 saturated carbocycles. The van der Waals surface area contributed by atoms with E-state index in [9.17, 15) is 4.79 Å². The molecule has 1 amide bonds. The molecule has 0 aromatic heterocycles. The van der Waals surface area contributed by atoms with Gasteiger partial charge in [-0.1, -0.05) is 42.5 Å².